The van der Waals surface area contributed by atoms with Crippen molar-refractivity contribution in [2.24, 2.45) is 0 Å². The van der Waals surface area contributed by atoms with Crippen molar-refractivity contribution in [1.29, 1.82) is 0 Å². The molecule has 0 bridgehead atoms. The van der Waals surface area contributed by atoms with E-state index in [4.69, 9.17) is 16.3 Å². The molecule has 5 heteroatoms. The number of nitrogens with one attached hydrogen (secondary N) is 2. The number of halogens is 1. The van der Waals surface area contributed by atoms with Crippen LogP contribution in [0.1, 0.15) is 17.0 Å². The Bertz CT molecular complexity index is 1110. The van der Waals surface area contributed by atoms with Gasteiger partial charge < -0.3 is 15.0 Å². The quantitative estimate of drug-likeness (QED) is 0.447. The van der Waals surface area contributed by atoms with Gasteiger partial charge >= 0.3 is 0 Å². The summed E-state index contributed by atoms with van der Waals surface area (Å²) >= 11 is 6.50. The van der Waals surface area contributed by atoms with Gasteiger partial charge in [-0.2, -0.15) is 0 Å². The number of aromatic nitrogens is 1. The van der Waals surface area contributed by atoms with Crippen LogP contribution in [0, 0.1) is 0 Å². The van der Waals surface area contributed by atoms with Crippen LogP contribution in [0.4, 0.5) is 0 Å². The third-order valence-electron chi connectivity index (χ3n) is 4.89. The second-order valence-electron chi connectivity index (χ2n) is 6.77. The smallest absolute Gasteiger partial charge is 0.257 e. The zero-order chi connectivity index (χ0) is 20.1. The zero-order valence-corrected chi connectivity index (χ0v) is 16.5. The molecule has 1 aromatic heterocycles. The highest BCUT2D eigenvalue weighted by Gasteiger charge is 2.21. The summed E-state index contributed by atoms with van der Waals surface area (Å²) in [6, 6.07) is 25.2. The second kappa shape index (κ2) is 8.84. The summed E-state index contributed by atoms with van der Waals surface area (Å²) in [4.78, 5) is 15.7. The molecular formula is C24H21ClN2O2. The van der Waals surface area contributed by atoms with Crippen molar-refractivity contribution in [2.45, 2.75) is 5.92 Å². The monoisotopic (exact) mass is 404 g/mol. The largest absolute Gasteiger partial charge is 0.484 e. The van der Waals surface area contributed by atoms with Crippen molar-refractivity contribution in [3.63, 3.8) is 0 Å². The van der Waals surface area contributed by atoms with Crippen LogP contribution in [0.25, 0.3) is 10.9 Å². The fourth-order valence-corrected chi connectivity index (χ4v) is 3.73. The first-order chi connectivity index (χ1) is 14.2. The van der Waals surface area contributed by atoms with Crippen molar-refractivity contribution in [2.75, 3.05) is 13.2 Å². The van der Waals surface area contributed by atoms with Crippen molar-refractivity contribution >= 4 is 28.4 Å². The number of aromatic amines is 1. The van der Waals surface area contributed by atoms with Crippen LogP contribution in [0.3, 0.4) is 0 Å². The first kappa shape index (κ1) is 19.1. The fourth-order valence-electron chi connectivity index (χ4n) is 3.46. The Kier molecular flexibility index (Phi) is 5.82. The highest BCUT2D eigenvalue weighted by molar-refractivity contribution is 6.31. The Morgan fingerprint density at radius 3 is 2.48 bits per heavy atom. The Labute approximate surface area is 174 Å². The Hall–Kier alpha value is -3.24. The molecule has 29 heavy (non-hydrogen) atoms. The summed E-state index contributed by atoms with van der Waals surface area (Å²) in [5.74, 6) is 0.410. The number of benzene rings is 3. The van der Waals surface area contributed by atoms with E-state index in [1.54, 1.807) is 0 Å². The lowest BCUT2D eigenvalue weighted by atomic mass is 9.91. The number of fused-ring (bicyclic) bond motifs is 1. The van der Waals surface area contributed by atoms with Gasteiger partial charge in [0.15, 0.2) is 6.61 Å². The molecule has 4 rings (SSSR count). The SMILES string of the molecule is O=C(COc1ccccc1)NC[C@@H](c1ccccc1Cl)c1c[nH]c2ccccc12. The summed E-state index contributed by atoms with van der Waals surface area (Å²) in [5.41, 5.74) is 3.12. The molecule has 0 aliphatic rings. The molecule has 0 aliphatic carbocycles. The fraction of sp³-hybridized carbons (Fsp3) is 0.125. The molecule has 4 aromatic rings. The maximum Gasteiger partial charge on any atom is 0.257 e. The van der Waals surface area contributed by atoms with Crippen molar-refractivity contribution in [1.82, 2.24) is 10.3 Å². The minimum absolute atomic E-state index is 0.0346. The first-order valence-corrected chi connectivity index (χ1v) is 9.85. The van der Waals surface area contributed by atoms with E-state index in [2.05, 4.69) is 16.4 Å². The molecule has 0 saturated heterocycles. The average Bonchev–Trinajstić information content (AvgIpc) is 3.18. The second-order valence-corrected chi connectivity index (χ2v) is 7.18. The third kappa shape index (κ3) is 4.44. The number of ether oxygens (including phenoxy) is 1. The standard InChI is InChI=1S/C24H21ClN2O2/c25-22-12-6-4-10-18(22)20(21-14-26-23-13-7-5-11-19(21)23)15-27-24(28)16-29-17-8-2-1-3-9-17/h1-14,20,26H,15-16H2,(H,27,28)/t20-/m0/s1. The van der Waals surface area contributed by atoms with Gasteiger partial charge in [-0.05, 0) is 35.4 Å². The van der Waals surface area contributed by atoms with Crippen LogP contribution >= 0.6 is 11.6 Å². The topological polar surface area (TPSA) is 54.1 Å². The van der Waals surface area contributed by atoms with E-state index >= 15 is 0 Å². The van der Waals surface area contributed by atoms with Crippen LogP contribution in [-0.2, 0) is 4.79 Å². The van der Waals surface area contributed by atoms with Gasteiger partial charge in [0.25, 0.3) is 5.91 Å². The van der Waals surface area contributed by atoms with Crippen LogP contribution in [0.15, 0.2) is 85.1 Å². The minimum atomic E-state index is -0.175. The lowest BCUT2D eigenvalue weighted by Crippen LogP contribution is -2.32. The summed E-state index contributed by atoms with van der Waals surface area (Å²) in [6.07, 6.45) is 1.99. The number of carbonyl (C=O) groups is 1. The first-order valence-electron chi connectivity index (χ1n) is 9.47. The number of hydrogen-bond acceptors (Lipinski definition) is 2. The minimum Gasteiger partial charge on any atom is -0.484 e. The van der Waals surface area contributed by atoms with Gasteiger partial charge in [-0.1, -0.05) is 66.2 Å². The molecule has 0 fully saturated rings. The predicted molar refractivity (Wildman–Crippen MR) is 117 cm³/mol. The summed E-state index contributed by atoms with van der Waals surface area (Å²) < 4.78 is 5.55. The Morgan fingerprint density at radius 2 is 1.66 bits per heavy atom. The highest BCUT2D eigenvalue weighted by atomic mass is 35.5. The molecule has 0 saturated carbocycles. The highest BCUT2D eigenvalue weighted by Crippen LogP contribution is 2.34. The zero-order valence-electron chi connectivity index (χ0n) is 15.8. The number of carbonyl (C=O) groups excluding carboxylic acids is 1. The molecule has 0 spiro atoms. The number of para-hydroxylation sites is 2. The summed E-state index contributed by atoms with van der Waals surface area (Å²) in [6.45, 7) is 0.385. The number of rotatable bonds is 7. The number of H-pyrrole nitrogens is 1. The van der Waals surface area contributed by atoms with E-state index in [0.29, 0.717) is 17.3 Å². The molecular weight excluding hydrogens is 384 g/mol. The van der Waals surface area contributed by atoms with E-state index < -0.39 is 0 Å². The molecule has 2 N–H and O–H groups in total. The van der Waals surface area contributed by atoms with Gasteiger partial charge in [0, 0.05) is 34.6 Å². The van der Waals surface area contributed by atoms with Crippen LogP contribution in [0.5, 0.6) is 5.75 Å². The van der Waals surface area contributed by atoms with Crippen LogP contribution in [0.2, 0.25) is 5.02 Å². The van der Waals surface area contributed by atoms with E-state index in [1.165, 1.54) is 0 Å². The van der Waals surface area contributed by atoms with Gasteiger partial charge in [-0.15, -0.1) is 0 Å². The van der Waals surface area contributed by atoms with Gasteiger partial charge in [0.2, 0.25) is 0 Å². The summed E-state index contributed by atoms with van der Waals surface area (Å²) in [7, 11) is 0. The van der Waals surface area contributed by atoms with Crippen LogP contribution < -0.4 is 10.1 Å². The van der Waals surface area contributed by atoms with E-state index in [9.17, 15) is 4.79 Å². The van der Waals surface area contributed by atoms with Gasteiger partial charge in [-0.25, -0.2) is 0 Å². The normalized spacial score (nSPS) is 11.9. The number of hydrogen-bond donors (Lipinski definition) is 2. The van der Waals surface area contributed by atoms with Crippen molar-refractivity contribution in [3.8, 4) is 5.75 Å². The molecule has 0 radical (unpaired) electrons. The summed E-state index contributed by atoms with van der Waals surface area (Å²) in [5, 5.41) is 4.79. The van der Waals surface area contributed by atoms with E-state index in [1.807, 2.05) is 79.0 Å². The molecule has 3 aromatic carbocycles. The molecule has 4 nitrogen and oxygen atoms in total. The maximum absolute atomic E-state index is 12.4. The lowest BCUT2D eigenvalue weighted by molar-refractivity contribution is -0.123. The lowest BCUT2D eigenvalue weighted by Gasteiger charge is -2.19. The van der Waals surface area contributed by atoms with Gasteiger partial charge in [0.1, 0.15) is 5.75 Å². The number of amides is 1. The van der Waals surface area contributed by atoms with Gasteiger partial charge in [0.05, 0.1) is 0 Å². The maximum atomic E-state index is 12.4. The molecule has 1 atom stereocenters. The van der Waals surface area contributed by atoms with Gasteiger partial charge in [-0.3, -0.25) is 4.79 Å². The molecule has 1 heterocycles. The van der Waals surface area contributed by atoms with Crippen molar-refractivity contribution < 1.29 is 9.53 Å². The predicted octanol–water partition coefficient (Wildman–Crippen LogP) is 5.15. The van der Waals surface area contributed by atoms with Crippen LogP contribution in [-0.4, -0.2) is 24.0 Å². The Balaban J connectivity index is 1.53. The molecule has 1 amide bonds. The Morgan fingerprint density at radius 1 is 0.931 bits per heavy atom. The van der Waals surface area contributed by atoms with E-state index in [0.717, 1.165) is 22.0 Å². The molecule has 0 unspecified atom stereocenters. The van der Waals surface area contributed by atoms with Crippen molar-refractivity contribution in [3.05, 3.63) is 101 Å². The average molecular weight is 405 g/mol. The molecule has 0 aliphatic heterocycles. The molecule has 146 valence electrons. The third-order valence-corrected chi connectivity index (χ3v) is 5.24. The van der Waals surface area contributed by atoms with E-state index in [-0.39, 0.29) is 18.4 Å².